The Morgan fingerprint density at radius 3 is 2.62 bits per heavy atom. The second-order valence-electron chi connectivity index (χ2n) is 5.69. The molecule has 1 aliphatic rings. The van der Waals surface area contributed by atoms with Gasteiger partial charge in [0.2, 0.25) is 0 Å². The molecule has 0 spiro atoms. The molecule has 134 valence electrons. The quantitative estimate of drug-likeness (QED) is 0.698. The molecule has 9 heteroatoms. The minimum absolute atomic E-state index is 0.782. The maximum atomic E-state index is 11.5. The number of aromatic nitrogens is 2. The molecule has 0 bridgehead atoms. The second-order valence-corrected chi connectivity index (χ2v) is 8.79. The topological polar surface area (TPSA) is 79.3 Å². The highest BCUT2D eigenvalue weighted by atomic mass is 32.2. The van der Waals surface area contributed by atoms with Crippen LogP contribution in [0.3, 0.4) is 0 Å². The molecule has 3 aromatic rings. The summed E-state index contributed by atoms with van der Waals surface area (Å²) in [6.45, 7) is 1.78. The summed E-state index contributed by atoms with van der Waals surface area (Å²) in [5.74, 6) is 0.782. The first-order valence-corrected chi connectivity index (χ1v) is 11.4. The molecule has 0 aliphatic carbocycles. The molecule has 1 unspecified atom stereocenters. The number of aliphatic imine (C=N–C) groups is 1. The predicted molar refractivity (Wildman–Crippen MR) is 110 cm³/mol. The molecule has 2 N–H and O–H groups in total. The number of benzene rings is 1. The van der Waals surface area contributed by atoms with Crippen molar-refractivity contribution in [2.75, 3.05) is 24.7 Å². The fraction of sp³-hybridized carbons (Fsp3) is 0.235. The summed E-state index contributed by atoms with van der Waals surface area (Å²) in [6.07, 6.45) is 2.74. The van der Waals surface area contributed by atoms with Gasteiger partial charge in [0.15, 0.2) is 11.1 Å². The van der Waals surface area contributed by atoms with Gasteiger partial charge in [-0.15, -0.1) is 22.7 Å². The molecule has 1 aromatic carbocycles. The average molecular weight is 404 g/mol. The largest absolute Gasteiger partial charge is 0.356 e. The molecular weight excluding hydrogens is 386 g/mol. The Labute approximate surface area is 161 Å². The third-order valence-corrected chi connectivity index (χ3v) is 6.41. The van der Waals surface area contributed by atoms with Crippen molar-refractivity contribution in [2.24, 2.45) is 4.99 Å². The standard InChI is InChI=1S/C17H17N5OS3/c1-26(23)12-5-3-11(4-6-12)15-20-13(9-24-15)14-10-25-17(21-14)22-16-18-7-2-8-19-16/h3-6,9-10H,2,7-8H2,1H3,(H2,18,19,21,22). The maximum absolute atomic E-state index is 11.5. The van der Waals surface area contributed by atoms with Crippen LogP contribution in [0, 0.1) is 0 Å². The molecule has 26 heavy (non-hydrogen) atoms. The molecule has 0 saturated heterocycles. The van der Waals surface area contributed by atoms with E-state index in [2.05, 4.69) is 20.6 Å². The van der Waals surface area contributed by atoms with Gasteiger partial charge in [0, 0.05) is 51.4 Å². The summed E-state index contributed by atoms with van der Waals surface area (Å²) in [7, 11) is -0.966. The summed E-state index contributed by atoms with van der Waals surface area (Å²) in [5.41, 5.74) is 2.73. The van der Waals surface area contributed by atoms with E-state index in [9.17, 15) is 4.21 Å². The summed E-state index contributed by atoms with van der Waals surface area (Å²) in [6, 6.07) is 7.69. The first kappa shape index (κ1) is 17.3. The lowest BCUT2D eigenvalue weighted by atomic mass is 10.2. The molecule has 2 aromatic heterocycles. The summed E-state index contributed by atoms with van der Waals surface area (Å²) in [5, 5.41) is 12.2. The van der Waals surface area contributed by atoms with E-state index in [1.165, 1.54) is 11.3 Å². The molecule has 1 aliphatic heterocycles. The Bertz CT molecular complexity index is 961. The lowest BCUT2D eigenvalue weighted by Crippen LogP contribution is -2.35. The van der Waals surface area contributed by atoms with Gasteiger partial charge in [-0.25, -0.2) is 9.97 Å². The lowest BCUT2D eigenvalue weighted by Gasteiger charge is -2.13. The summed E-state index contributed by atoms with van der Waals surface area (Å²) >= 11 is 3.11. The smallest absolute Gasteiger partial charge is 0.197 e. The van der Waals surface area contributed by atoms with Gasteiger partial charge in [-0.3, -0.25) is 9.20 Å². The zero-order valence-corrected chi connectivity index (χ0v) is 16.5. The van der Waals surface area contributed by atoms with E-state index in [-0.39, 0.29) is 0 Å². The van der Waals surface area contributed by atoms with Crippen LogP contribution in [0.15, 0.2) is 44.9 Å². The van der Waals surface area contributed by atoms with Crippen molar-refractivity contribution < 1.29 is 4.21 Å². The van der Waals surface area contributed by atoms with E-state index in [1.54, 1.807) is 17.6 Å². The summed E-state index contributed by atoms with van der Waals surface area (Å²) < 4.78 is 11.5. The van der Waals surface area contributed by atoms with Crippen molar-refractivity contribution >= 4 is 44.6 Å². The van der Waals surface area contributed by atoms with E-state index in [0.717, 1.165) is 57.5 Å². The number of nitrogens with zero attached hydrogens (tertiary/aromatic N) is 3. The Kier molecular flexibility index (Phi) is 5.09. The van der Waals surface area contributed by atoms with Gasteiger partial charge in [0.05, 0.1) is 0 Å². The fourth-order valence-corrected chi connectivity index (χ4v) is 4.52. The molecule has 1 atom stereocenters. The van der Waals surface area contributed by atoms with Crippen LogP contribution in [0.1, 0.15) is 6.42 Å². The van der Waals surface area contributed by atoms with Crippen LogP contribution in [-0.2, 0) is 10.8 Å². The predicted octanol–water partition coefficient (Wildman–Crippen LogP) is 3.43. The zero-order valence-electron chi connectivity index (χ0n) is 14.1. The summed E-state index contributed by atoms with van der Waals surface area (Å²) in [4.78, 5) is 14.5. The van der Waals surface area contributed by atoms with Crippen LogP contribution in [-0.4, -0.2) is 39.5 Å². The van der Waals surface area contributed by atoms with Gasteiger partial charge < -0.3 is 10.6 Å². The van der Waals surface area contributed by atoms with Crippen LogP contribution in [0.4, 0.5) is 5.13 Å². The van der Waals surface area contributed by atoms with Crippen molar-refractivity contribution in [3.8, 4) is 22.0 Å². The van der Waals surface area contributed by atoms with E-state index in [4.69, 9.17) is 4.98 Å². The number of anilines is 1. The zero-order chi connectivity index (χ0) is 17.9. The second kappa shape index (κ2) is 7.65. The Morgan fingerprint density at radius 2 is 1.88 bits per heavy atom. The Balaban J connectivity index is 1.51. The average Bonchev–Trinajstić information content (AvgIpc) is 3.32. The molecule has 0 saturated carbocycles. The van der Waals surface area contributed by atoms with Gasteiger partial charge in [0.1, 0.15) is 16.4 Å². The number of thiazole rings is 2. The molecule has 4 rings (SSSR count). The monoisotopic (exact) mass is 403 g/mol. The first-order valence-electron chi connectivity index (χ1n) is 8.10. The number of hydrogen-bond acceptors (Lipinski definition) is 8. The van der Waals surface area contributed by atoms with Crippen LogP contribution >= 0.6 is 22.7 Å². The SMILES string of the molecule is CS(=O)c1ccc(-c2nc(-c3csc(NC4=NCCCN4)n3)cs2)cc1. The van der Waals surface area contributed by atoms with Gasteiger partial charge in [-0.2, -0.15) is 0 Å². The van der Waals surface area contributed by atoms with Crippen LogP contribution in [0.25, 0.3) is 22.0 Å². The maximum Gasteiger partial charge on any atom is 0.197 e. The van der Waals surface area contributed by atoms with Gasteiger partial charge in [-0.05, 0) is 18.6 Å². The van der Waals surface area contributed by atoms with Gasteiger partial charge >= 0.3 is 0 Å². The Morgan fingerprint density at radius 1 is 1.12 bits per heavy atom. The van der Waals surface area contributed by atoms with Crippen LogP contribution in [0.2, 0.25) is 0 Å². The van der Waals surface area contributed by atoms with E-state index in [0.29, 0.717) is 0 Å². The van der Waals surface area contributed by atoms with Gasteiger partial charge in [0.25, 0.3) is 0 Å². The van der Waals surface area contributed by atoms with Crippen molar-refractivity contribution in [1.82, 2.24) is 15.3 Å². The van der Waals surface area contributed by atoms with Crippen LogP contribution in [0.5, 0.6) is 0 Å². The van der Waals surface area contributed by atoms with E-state index in [1.807, 2.05) is 35.0 Å². The minimum atomic E-state index is -0.966. The van der Waals surface area contributed by atoms with Crippen molar-refractivity contribution in [3.05, 3.63) is 35.0 Å². The highest BCUT2D eigenvalue weighted by molar-refractivity contribution is 7.84. The number of guanidine groups is 1. The molecule has 0 radical (unpaired) electrons. The number of nitrogens with one attached hydrogen (secondary N) is 2. The third kappa shape index (κ3) is 3.84. The Hall–Kier alpha value is -2.10. The van der Waals surface area contributed by atoms with E-state index < -0.39 is 10.8 Å². The first-order chi connectivity index (χ1) is 12.7. The fourth-order valence-electron chi connectivity index (χ4n) is 2.48. The highest BCUT2D eigenvalue weighted by Gasteiger charge is 2.12. The van der Waals surface area contributed by atoms with Crippen molar-refractivity contribution in [3.63, 3.8) is 0 Å². The molecule has 0 amide bonds. The minimum Gasteiger partial charge on any atom is -0.356 e. The normalized spacial score (nSPS) is 15.2. The number of hydrogen-bond donors (Lipinski definition) is 2. The third-order valence-electron chi connectivity index (χ3n) is 3.83. The van der Waals surface area contributed by atoms with Crippen LogP contribution < -0.4 is 10.6 Å². The van der Waals surface area contributed by atoms with Gasteiger partial charge in [-0.1, -0.05) is 12.1 Å². The molecule has 0 fully saturated rings. The van der Waals surface area contributed by atoms with E-state index >= 15 is 0 Å². The molecule has 6 nitrogen and oxygen atoms in total. The molecule has 3 heterocycles. The molecular formula is C17H17N5OS3. The van der Waals surface area contributed by atoms with Crippen molar-refractivity contribution in [1.29, 1.82) is 0 Å². The highest BCUT2D eigenvalue weighted by Crippen LogP contribution is 2.31. The number of rotatable bonds is 4. The lowest BCUT2D eigenvalue weighted by molar-refractivity contribution is 0.687. The van der Waals surface area contributed by atoms with Crippen molar-refractivity contribution in [2.45, 2.75) is 11.3 Å².